The Balaban J connectivity index is 1.88. The molecule has 0 spiro atoms. The van der Waals surface area contributed by atoms with Crippen LogP contribution in [0.2, 0.25) is 0 Å². The van der Waals surface area contributed by atoms with Crippen molar-refractivity contribution >= 4 is 0 Å². The number of hydrogen-bond acceptors (Lipinski definition) is 5. The number of hydrogen-bond donors (Lipinski definition) is 2. The molecule has 0 aromatic heterocycles. The van der Waals surface area contributed by atoms with E-state index >= 15 is 0 Å². The van der Waals surface area contributed by atoms with Crippen LogP contribution in [0.25, 0.3) is 0 Å². The predicted octanol–water partition coefficient (Wildman–Crippen LogP) is 0.332. The monoisotopic (exact) mass is 254 g/mol. The normalized spacial score (nSPS) is 27.4. The van der Waals surface area contributed by atoms with Gasteiger partial charge < -0.3 is 24.4 Å². The Labute approximate surface area is 106 Å². The van der Waals surface area contributed by atoms with Gasteiger partial charge in [0.2, 0.25) is 0 Å². The standard InChI is InChI=1S/C13H18O5/c1-16-10-4-2-3-9(5-10)7-17-12-8-18-11(6-14)13(12)15/h2-5,11-15H,6-8H2,1H3/t11-,12+,13-/m1/s1. The number of benzene rings is 1. The summed E-state index contributed by atoms with van der Waals surface area (Å²) in [5.41, 5.74) is 0.967. The third-order valence-corrected chi connectivity index (χ3v) is 3.01. The molecule has 1 aromatic rings. The van der Waals surface area contributed by atoms with Crippen LogP contribution in [-0.2, 0) is 16.1 Å². The third kappa shape index (κ3) is 3.00. The Hall–Kier alpha value is -1.14. The van der Waals surface area contributed by atoms with Crippen LogP contribution in [-0.4, -0.2) is 48.8 Å². The largest absolute Gasteiger partial charge is 0.497 e. The van der Waals surface area contributed by atoms with E-state index in [2.05, 4.69) is 0 Å². The molecule has 100 valence electrons. The molecule has 1 aliphatic rings. The molecule has 1 fully saturated rings. The van der Waals surface area contributed by atoms with Gasteiger partial charge in [0.1, 0.15) is 24.1 Å². The van der Waals surface area contributed by atoms with Gasteiger partial charge in [0.25, 0.3) is 0 Å². The van der Waals surface area contributed by atoms with E-state index in [4.69, 9.17) is 19.3 Å². The van der Waals surface area contributed by atoms with E-state index in [0.29, 0.717) is 13.2 Å². The SMILES string of the molecule is COc1cccc(CO[C@H]2CO[C@H](CO)[C@H]2O)c1. The highest BCUT2D eigenvalue weighted by Gasteiger charge is 2.36. The summed E-state index contributed by atoms with van der Waals surface area (Å²) < 4.78 is 15.9. The highest BCUT2D eigenvalue weighted by molar-refractivity contribution is 5.27. The van der Waals surface area contributed by atoms with E-state index < -0.39 is 18.3 Å². The second-order valence-corrected chi connectivity index (χ2v) is 4.25. The zero-order chi connectivity index (χ0) is 13.0. The number of aliphatic hydroxyl groups excluding tert-OH is 2. The van der Waals surface area contributed by atoms with E-state index in [1.807, 2.05) is 24.3 Å². The molecule has 0 saturated carbocycles. The van der Waals surface area contributed by atoms with Crippen LogP contribution in [0.5, 0.6) is 5.75 Å². The molecule has 0 radical (unpaired) electrons. The summed E-state index contributed by atoms with van der Waals surface area (Å²) in [6, 6.07) is 7.55. The van der Waals surface area contributed by atoms with Crippen LogP contribution >= 0.6 is 0 Å². The minimum atomic E-state index is -0.777. The summed E-state index contributed by atoms with van der Waals surface area (Å²) in [7, 11) is 1.61. The Bertz CT molecular complexity index is 381. The van der Waals surface area contributed by atoms with Crippen molar-refractivity contribution in [3.63, 3.8) is 0 Å². The Morgan fingerprint density at radius 1 is 1.44 bits per heavy atom. The van der Waals surface area contributed by atoms with Crippen LogP contribution < -0.4 is 4.74 Å². The van der Waals surface area contributed by atoms with Crippen molar-refractivity contribution in [1.29, 1.82) is 0 Å². The van der Waals surface area contributed by atoms with Crippen LogP contribution in [0.1, 0.15) is 5.56 Å². The Kier molecular flexibility index (Phi) is 4.54. The molecule has 0 bridgehead atoms. The lowest BCUT2D eigenvalue weighted by atomic mass is 10.1. The van der Waals surface area contributed by atoms with Gasteiger partial charge in [0, 0.05) is 0 Å². The molecule has 1 saturated heterocycles. The van der Waals surface area contributed by atoms with Crippen LogP contribution in [0.15, 0.2) is 24.3 Å². The second kappa shape index (κ2) is 6.15. The minimum absolute atomic E-state index is 0.194. The maximum absolute atomic E-state index is 9.79. The first-order chi connectivity index (χ1) is 8.74. The van der Waals surface area contributed by atoms with Crippen molar-refractivity contribution in [2.24, 2.45) is 0 Å². The molecule has 5 heteroatoms. The van der Waals surface area contributed by atoms with Gasteiger partial charge in [-0.1, -0.05) is 12.1 Å². The summed E-state index contributed by atoms with van der Waals surface area (Å²) in [6.45, 7) is 0.483. The summed E-state index contributed by atoms with van der Waals surface area (Å²) in [5, 5.41) is 18.7. The van der Waals surface area contributed by atoms with Gasteiger partial charge in [0.15, 0.2) is 0 Å². The van der Waals surface area contributed by atoms with Gasteiger partial charge in [-0.15, -0.1) is 0 Å². The quantitative estimate of drug-likeness (QED) is 0.792. The van der Waals surface area contributed by atoms with E-state index in [1.165, 1.54) is 0 Å². The van der Waals surface area contributed by atoms with Crippen LogP contribution in [0.3, 0.4) is 0 Å². The van der Waals surface area contributed by atoms with Gasteiger partial charge >= 0.3 is 0 Å². The summed E-state index contributed by atoms with van der Waals surface area (Å²) in [6.07, 6.45) is -1.71. The second-order valence-electron chi connectivity index (χ2n) is 4.25. The van der Waals surface area contributed by atoms with Crippen LogP contribution in [0.4, 0.5) is 0 Å². The highest BCUT2D eigenvalue weighted by atomic mass is 16.6. The first kappa shape index (κ1) is 13.3. The van der Waals surface area contributed by atoms with Crippen molar-refractivity contribution in [1.82, 2.24) is 0 Å². The molecule has 0 amide bonds. The van der Waals surface area contributed by atoms with Crippen molar-refractivity contribution in [2.75, 3.05) is 20.3 Å². The average Bonchev–Trinajstić information content (AvgIpc) is 2.77. The first-order valence-corrected chi connectivity index (χ1v) is 5.89. The lowest BCUT2D eigenvalue weighted by molar-refractivity contribution is -0.0340. The molecule has 1 aliphatic heterocycles. The van der Waals surface area contributed by atoms with Gasteiger partial charge in [-0.2, -0.15) is 0 Å². The Morgan fingerprint density at radius 3 is 2.94 bits per heavy atom. The number of ether oxygens (including phenoxy) is 3. The average molecular weight is 254 g/mol. The molecular weight excluding hydrogens is 236 g/mol. The summed E-state index contributed by atoms with van der Waals surface area (Å²) >= 11 is 0. The van der Waals surface area contributed by atoms with E-state index in [9.17, 15) is 5.11 Å². The molecule has 0 aliphatic carbocycles. The summed E-state index contributed by atoms with van der Waals surface area (Å²) in [4.78, 5) is 0. The molecule has 2 rings (SSSR count). The zero-order valence-electron chi connectivity index (χ0n) is 10.3. The molecule has 3 atom stereocenters. The van der Waals surface area contributed by atoms with Crippen molar-refractivity contribution in [3.8, 4) is 5.75 Å². The Morgan fingerprint density at radius 2 is 2.28 bits per heavy atom. The van der Waals surface area contributed by atoms with Crippen molar-refractivity contribution in [3.05, 3.63) is 29.8 Å². The zero-order valence-corrected chi connectivity index (χ0v) is 10.3. The molecule has 0 unspecified atom stereocenters. The van der Waals surface area contributed by atoms with Crippen molar-refractivity contribution in [2.45, 2.75) is 24.9 Å². The third-order valence-electron chi connectivity index (χ3n) is 3.01. The van der Waals surface area contributed by atoms with Crippen molar-refractivity contribution < 1.29 is 24.4 Å². The van der Waals surface area contributed by atoms with E-state index in [0.717, 1.165) is 11.3 Å². The fourth-order valence-electron chi connectivity index (χ4n) is 1.93. The topological polar surface area (TPSA) is 68.2 Å². The molecule has 5 nitrogen and oxygen atoms in total. The predicted molar refractivity (Wildman–Crippen MR) is 64.4 cm³/mol. The first-order valence-electron chi connectivity index (χ1n) is 5.89. The van der Waals surface area contributed by atoms with Crippen LogP contribution in [0, 0.1) is 0 Å². The highest BCUT2D eigenvalue weighted by Crippen LogP contribution is 2.19. The van der Waals surface area contributed by atoms with E-state index in [-0.39, 0.29) is 6.61 Å². The smallest absolute Gasteiger partial charge is 0.119 e. The molecular formula is C13H18O5. The van der Waals surface area contributed by atoms with Gasteiger partial charge in [-0.05, 0) is 17.7 Å². The summed E-state index contributed by atoms with van der Waals surface area (Å²) in [5.74, 6) is 0.771. The molecule has 1 aromatic carbocycles. The van der Waals surface area contributed by atoms with Gasteiger partial charge in [0.05, 0.1) is 26.9 Å². The molecule has 18 heavy (non-hydrogen) atoms. The van der Waals surface area contributed by atoms with Gasteiger partial charge in [-0.25, -0.2) is 0 Å². The number of methoxy groups -OCH3 is 1. The minimum Gasteiger partial charge on any atom is -0.497 e. The lowest BCUT2D eigenvalue weighted by Crippen LogP contribution is -2.33. The fraction of sp³-hybridized carbons (Fsp3) is 0.538. The maximum Gasteiger partial charge on any atom is 0.119 e. The molecule has 1 heterocycles. The number of rotatable bonds is 5. The molecule has 2 N–H and O–H groups in total. The lowest BCUT2D eigenvalue weighted by Gasteiger charge is -2.16. The number of aliphatic hydroxyl groups is 2. The van der Waals surface area contributed by atoms with Gasteiger partial charge in [-0.3, -0.25) is 0 Å². The fourth-order valence-corrected chi connectivity index (χ4v) is 1.93. The maximum atomic E-state index is 9.79. The van der Waals surface area contributed by atoms with E-state index in [1.54, 1.807) is 7.11 Å².